The van der Waals surface area contributed by atoms with E-state index in [0.717, 1.165) is 6.42 Å². The van der Waals surface area contributed by atoms with Crippen molar-refractivity contribution in [3.8, 4) is 5.75 Å². The molecule has 5 nitrogen and oxygen atoms in total. The number of nitrogens with zero attached hydrogens (tertiary/aromatic N) is 3. The van der Waals surface area contributed by atoms with Crippen LogP contribution in [0.4, 0.5) is 0 Å². The van der Waals surface area contributed by atoms with E-state index in [1.807, 2.05) is 6.92 Å². The molecule has 0 saturated carbocycles. The molecule has 0 aliphatic heterocycles. The van der Waals surface area contributed by atoms with Gasteiger partial charge in [-0.1, -0.05) is 6.92 Å². The largest absolute Gasteiger partial charge is 0.492 e. The molecule has 0 amide bonds. The van der Waals surface area contributed by atoms with Crippen LogP contribution in [-0.2, 0) is 7.05 Å². The number of aromatic nitrogens is 3. The second kappa shape index (κ2) is 5.44. The fourth-order valence-electron chi connectivity index (χ4n) is 1.53. The van der Waals surface area contributed by atoms with Crippen molar-refractivity contribution in [1.82, 2.24) is 14.8 Å². The van der Waals surface area contributed by atoms with E-state index in [1.165, 1.54) is 6.20 Å². The number of pyridine rings is 1. The topological polar surface area (TPSA) is 57.0 Å². The number of hydrogen-bond acceptors (Lipinski definition) is 4. The van der Waals surface area contributed by atoms with Gasteiger partial charge >= 0.3 is 0 Å². The summed E-state index contributed by atoms with van der Waals surface area (Å²) in [4.78, 5) is 16.1. The first kappa shape index (κ1) is 12.3. The average molecular weight is 245 g/mol. The van der Waals surface area contributed by atoms with Crippen molar-refractivity contribution in [3.05, 3.63) is 42.0 Å². The SMILES string of the molecule is CCCOc1cncc(C(=O)c2ccn(C)n2)c1. The van der Waals surface area contributed by atoms with E-state index in [4.69, 9.17) is 4.74 Å². The molecule has 2 aromatic rings. The minimum absolute atomic E-state index is 0.148. The van der Waals surface area contributed by atoms with Crippen molar-refractivity contribution in [2.45, 2.75) is 13.3 Å². The van der Waals surface area contributed by atoms with Crippen LogP contribution in [0, 0.1) is 0 Å². The van der Waals surface area contributed by atoms with Gasteiger partial charge in [0, 0.05) is 25.0 Å². The zero-order chi connectivity index (χ0) is 13.0. The van der Waals surface area contributed by atoms with Gasteiger partial charge in [-0.15, -0.1) is 0 Å². The number of carbonyl (C=O) groups is 1. The Morgan fingerprint density at radius 3 is 2.94 bits per heavy atom. The highest BCUT2D eigenvalue weighted by atomic mass is 16.5. The monoisotopic (exact) mass is 245 g/mol. The number of ketones is 1. The molecule has 2 aromatic heterocycles. The Kier molecular flexibility index (Phi) is 3.72. The molecular weight excluding hydrogens is 230 g/mol. The zero-order valence-electron chi connectivity index (χ0n) is 10.5. The Morgan fingerprint density at radius 1 is 1.44 bits per heavy atom. The minimum atomic E-state index is -0.148. The lowest BCUT2D eigenvalue weighted by atomic mass is 10.1. The summed E-state index contributed by atoms with van der Waals surface area (Å²) < 4.78 is 7.04. The highest BCUT2D eigenvalue weighted by Gasteiger charge is 2.13. The van der Waals surface area contributed by atoms with Crippen LogP contribution in [-0.4, -0.2) is 27.2 Å². The van der Waals surface area contributed by atoms with Gasteiger partial charge in [0.25, 0.3) is 0 Å². The van der Waals surface area contributed by atoms with Crippen LogP contribution in [0.1, 0.15) is 29.4 Å². The quantitative estimate of drug-likeness (QED) is 0.754. The number of rotatable bonds is 5. The Bertz CT molecular complexity index is 549. The molecule has 0 saturated heterocycles. The third kappa shape index (κ3) is 2.74. The lowest BCUT2D eigenvalue weighted by Crippen LogP contribution is -2.05. The van der Waals surface area contributed by atoms with E-state index >= 15 is 0 Å². The summed E-state index contributed by atoms with van der Waals surface area (Å²) >= 11 is 0. The summed E-state index contributed by atoms with van der Waals surface area (Å²) in [6.07, 6.45) is 5.77. The van der Waals surface area contributed by atoms with E-state index < -0.39 is 0 Å². The summed E-state index contributed by atoms with van der Waals surface area (Å²) in [6, 6.07) is 3.38. The second-order valence-corrected chi connectivity index (χ2v) is 3.96. The van der Waals surface area contributed by atoms with Gasteiger partial charge in [0.1, 0.15) is 11.4 Å². The van der Waals surface area contributed by atoms with Gasteiger partial charge in [0.05, 0.1) is 12.8 Å². The lowest BCUT2D eigenvalue weighted by Gasteiger charge is -2.04. The predicted octanol–water partition coefficient (Wildman–Crippen LogP) is 1.83. The minimum Gasteiger partial charge on any atom is -0.492 e. The van der Waals surface area contributed by atoms with E-state index in [0.29, 0.717) is 23.6 Å². The van der Waals surface area contributed by atoms with Gasteiger partial charge in [-0.2, -0.15) is 5.10 Å². The molecule has 0 aliphatic rings. The summed E-state index contributed by atoms with van der Waals surface area (Å²) in [5.41, 5.74) is 0.897. The van der Waals surface area contributed by atoms with Gasteiger partial charge in [0.2, 0.25) is 5.78 Å². The first-order chi connectivity index (χ1) is 8.70. The molecule has 2 rings (SSSR count). The van der Waals surface area contributed by atoms with Crippen LogP contribution >= 0.6 is 0 Å². The van der Waals surface area contributed by atoms with E-state index in [2.05, 4.69) is 10.1 Å². The summed E-state index contributed by atoms with van der Waals surface area (Å²) in [7, 11) is 1.77. The fourth-order valence-corrected chi connectivity index (χ4v) is 1.53. The normalized spacial score (nSPS) is 10.3. The number of hydrogen-bond donors (Lipinski definition) is 0. The molecule has 0 radical (unpaired) electrons. The molecule has 0 atom stereocenters. The smallest absolute Gasteiger partial charge is 0.214 e. The molecule has 5 heteroatoms. The number of aryl methyl sites for hydroxylation is 1. The molecule has 18 heavy (non-hydrogen) atoms. The highest BCUT2D eigenvalue weighted by Crippen LogP contribution is 2.14. The number of ether oxygens (including phenoxy) is 1. The molecule has 0 N–H and O–H groups in total. The van der Waals surface area contributed by atoms with Crippen molar-refractivity contribution in [2.24, 2.45) is 7.05 Å². The highest BCUT2D eigenvalue weighted by molar-refractivity contribution is 6.07. The molecule has 0 bridgehead atoms. The maximum atomic E-state index is 12.1. The maximum absolute atomic E-state index is 12.1. The van der Waals surface area contributed by atoms with E-state index in [9.17, 15) is 4.79 Å². The molecule has 94 valence electrons. The van der Waals surface area contributed by atoms with Gasteiger partial charge in [0.15, 0.2) is 0 Å². The molecule has 0 aromatic carbocycles. The molecule has 0 fully saturated rings. The Labute approximate surface area is 105 Å². The van der Waals surface area contributed by atoms with Gasteiger partial charge < -0.3 is 4.74 Å². The predicted molar refractivity (Wildman–Crippen MR) is 66.7 cm³/mol. The molecule has 0 unspecified atom stereocenters. The molecule has 0 aliphatic carbocycles. The van der Waals surface area contributed by atoms with Crippen molar-refractivity contribution >= 4 is 5.78 Å². The van der Waals surface area contributed by atoms with Crippen LogP contribution < -0.4 is 4.74 Å². The van der Waals surface area contributed by atoms with Crippen molar-refractivity contribution < 1.29 is 9.53 Å². The molecular formula is C13H15N3O2. The Balaban J connectivity index is 2.20. The Morgan fingerprint density at radius 2 is 2.28 bits per heavy atom. The van der Waals surface area contributed by atoms with Crippen molar-refractivity contribution in [3.63, 3.8) is 0 Å². The zero-order valence-corrected chi connectivity index (χ0v) is 10.5. The van der Waals surface area contributed by atoms with Crippen molar-refractivity contribution in [2.75, 3.05) is 6.61 Å². The maximum Gasteiger partial charge on any atom is 0.214 e. The lowest BCUT2D eigenvalue weighted by molar-refractivity contribution is 0.103. The third-order valence-corrected chi connectivity index (χ3v) is 2.39. The van der Waals surface area contributed by atoms with Gasteiger partial charge in [-0.25, -0.2) is 0 Å². The van der Waals surface area contributed by atoms with E-state index in [-0.39, 0.29) is 5.78 Å². The van der Waals surface area contributed by atoms with Crippen LogP contribution in [0.5, 0.6) is 5.75 Å². The van der Waals surface area contributed by atoms with Crippen LogP contribution in [0.2, 0.25) is 0 Å². The first-order valence-electron chi connectivity index (χ1n) is 5.83. The van der Waals surface area contributed by atoms with E-state index in [1.54, 1.807) is 36.3 Å². The third-order valence-electron chi connectivity index (χ3n) is 2.39. The van der Waals surface area contributed by atoms with Gasteiger partial charge in [-0.3, -0.25) is 14.5 Å². The van der Waals surface area contributed by atoms with Crippen LogP contribution in [0.25, 0.3) is 0 Å². The molecule has 0 spiro atoms. The fraction of sp³-hybridized carbons (Fsp3) is 0.308. The summed E-state index contributed by atoms with van der Waals surface area (Å²) in [6.45, 7) is 2.64. The number of carbonyl (C=O) groups excluding carboxylic acids is 1. The summed E-state index contributed by atoms with van der Waals surface area (Å²) in [5.74, 6) is 0.462. The molecule has 2 heterocycles. The van der Waals surface area contributed by atoms with Gasteiger partial charge in [-0.05, 0) is 18.6 Å². The second-order valence-electron chi connectivity index (χ2n) is 3.96. The van der Waals surface area contributed by atoms with Crippen LogP contribution in [0.3, 0.4) is 0 Å². The van der Waals surface area contributed by atoms with Crippen LogP contribution in [0.15, 0.2) is 30.7 Å². The average Bonchev–Trinajstić information content (AvgIpc) is 2.82. The summed E-state index contributed by atoms with van der Waals surface area (Å²) in [5, 5.41) is 4.08. The Hall–Kier alpha value is -2.17. The standard InChI is InChI=1S/C13H15N3O2/c1-3-6-18-11-7-10(8-14-9-11)13(17)12-4-5-16(2)15-12/h4-5,7-9H,3,6H2,1-2H3. The first-order valence-corrected chi connectivity index (χ1v) is 5.83. The van der Waals surface area contributed by atoms with Crippen molar-refractivity contribution in [1.29, 1.82) is 0 Å².